The van der Waals surface area contributed by atoms with Gasteiger partial charge in [0.25, 0.3) is 0 Å². The van der Waals surface area contributed by atoms with Gasteiger partial charge in [-0.2, -0.15) is 0 Å². The summed E-state index contributed by atoms with van der Waals surface area (Å²) in [5, 5.41) is 0. The number of hydrogen-bond acceptors (Lipinski definition) is 4. The minimum absolute atomic E-state index is 0.0100. The van der Waals surface area contributed by atoms with E-state index in [0.29, 0.717) is 0 Å². The summed E-state index contributed by atoms with van der Waals surface area (Å²) in [6.07, 6.45) is -5.21. The molecule has 0 fully saturated rings. The molecule has 0 radical (unpaired) electrons. The molecule has 0 saturated heterocycles. The summed E-state index contributed by atoms with van der Waals surface area (Å²) in [6.45, 7) is 0. The van der Waals surface area contributed by atoms with Crippen LogP contribution in [0.1, 0.15) is 5.56 Å². The predicted molar refractivity (Wildman–Crippen MR) is 55.4 cm³/mol. The first-order valence-corrected chi connectivity index (χ1v) is 4.86. The van der Waals surface area contributed by atoms with Crippen LogP contribution in [0.2, 0.25) is 0 Å². The molecule has 7 heteroatoms. The van der Waals surface area contributed by atoms with E-state index in [0.717, 1.165) is 13.2 Å². The SMILES string of the molecule is COC(=O)Cc1c(OC)cccc1OC(F)(F)F. The molecule has 0 aliphatic rings. The summed E-state index contributed by atoms with van der Waals surface area (Å²) in [6, 6.07) is 3.87. The Morgan fingerprint density at radius 2 is 1.83 bits per heavy atom. The molecule has 0 N–H and O–H groups in total. The Kier molecular flexibility index (Phi) is 4.41. The molecule has 100 valence electrons. The first-order chi connectivity index (χ1) is 8.37. The van der Waals surface area contributed by atoms with Crippen LogP contribution < -0.4 is 9.47 Å². The first-order valence-electron chi connectivity index (χ1n) is 4.86. The summed E-state index contributed by atoms with van der Waals surface area (Å²) in [4.78, 5) is 11.2. The lowest BCUT2D eigenvalue weighted by Crippen LogP contribution is -2.19. The van der Waals surface area contributed by atoms with Gasteiger partial charge in [0, 0.05) is 5.56 Å². The molecule has 0 amide bonds. The highest BCUT2D eigenvalue weighted by Crippen LogP contribution is 2.32. The molecule has 0 spiro atoms. The van der Waals surface area contributed by atoms with Gasteiger partial charge < -0.3 is 14.2 Å². The van der Waals surface area contributed by atoms with Crippen molar-refractivity contribution in [2.45, 2.75) is 12.8 Å². The van der Waals surface area contributed by atoms with Gasteiger partial charge in [-0.25, -0.2) is 0 Å². The number of hydrogen-bond donors (Lipinski definition) is 0. The van der Waals surface area contributed by atoms with Crippen LogP contribution in [0.25, 0.3) is 0 Å². The van der Waals surface area contributed by atoms with Crippen molar-refractivity contribution in [3.63, 3.8) is 0 Å². The molecule has 1 rings (SSSR count). The Bertz CT molecular complexity index is 429. The Hall–Kier alpha value is -1.92. The van der Waals surface area contributed by atoms with Crippen molar-refractivity contribution < 1.29 is 32.2 Å². The highest BCUT2D eigenvalue weighted by atomic mass is 19.4. The molecule has 1 aromatic rings. The molecule has 0 aliphatic heterocycles. The van der Waals surface area contributed by atoms with Crippen LogP contribution >= 0.6 is 0 Å². The van der Waals surface area contributed by atoms with E-state index in [1.807, 2.05) is 0 Å². The average molecular weight is 264 g/mol. The molecule has 0 aromatic heterocycles. The summed E-state index contributed by atoms with van der Waals surface area (Å²) >= 11 is 0. The lowest BCUT2D eigenvalue weighted by atomic mass is 10.1. The van der Waals surface area contributed by atoms with E-state index in [1.54, 1.807) is 0 Å². The second-order valence-corrected chi connectivity index (χ2v) is 3.24. The minimum Gasteiger partial charge on any atom is -0.496 e. The Morgan fingerprint density at radius 1 is 1.22 bits per heavy atom. The van der Waals surface area contributed by atoms with Gasteiger partial charge in [0.15, 0.2) is 0 Å². The van der Waals surface area contributed by atoms with Crippen molar-refractivity contribution in [3.05, 3.63) is 23.8 Å². The number of benzene rings is 1. The molecule has 0 bridgehead atoms. The van der Waals surface area contributed by atoms with Crippen molar-refractivity contribution in [1.82, 2.24) is 0 Å². The fourth-order valence-corrected chi connectivity index (χ4v) is 1.35. The second-order valence-electron chi connectivity index (χ2n) is 3.24. The molecule has 0 unspecified atom stereocenters. The molecule has 0 saturated carbocycles. The van der Waals surface area contributed by atoms with E-state index in [1.165, 1.54) is 19.2 Å². The predicted octanol–water partition coefficient (Wildman–Crippen LogP) is 2.31. The van der Waals surface area contributed by atoms with Crippen LogP contribution in [0.3, 0.4) is 0 Å². The number of ether oxygens (including phenoxy) is 3. The molecular weight excluding hydrogens is 253 g/mol. The van der Waals surface area contributed by atoms with Gasteiger partial charge in [-0.05, 0) is 12.1 Å². The lowest BCUT2D eigenvalue weighted by Gasteiger charge is -2.15. The van der Waals surface area contributed by atoms with E-state index in [9.17, 15) is 18.0 Å². The minimum atomic E-state index is -4.84. The monoisotopic (exact) mass is 264 g/mol. The van der Waals surface area contributed by atoms with Crippen molar-refractivity contribution in [3.8, 4) is 11.5 Å². The number of esters is 1. The van der Waals surface area contributed by atoms with Crippen molar-refractivity contribution in [1.29, 1.82) is 0 Å². The van der Waals surface area contributed by atoms with E-state index in [2.05, 4.69) is 9.47 Å². The molecule has 1 aromatic carbocycles. The summed E-state index contributed by atoms with van der Waals surface area (Å²) in [7, 11) is 2.43. The molecular formula is C11H11F3O4. The summed E-state index contributed by atoms with van der Waals surface area (Å²) in [5.74, 6) is -1.04. The third kappa shape index (κ3) is 3.83. The van der Waals surface area contributed by atoms with Gasteiger partial charge in [0.2, 0.25) is 0 Å². The number of halogens is 3. The average Bonchev–Trinajstić information content (AvgIpc) is 2.29. The third-order valence-electron chi connectivity index (χ3n) is 2.08. The van der Waals surface area contributed by atoms with Crippen molar-refractivity contribution >= 4 is 5.97 Å². The number of methoxy groups -OCH3 is 2. The van der Waals surface area contributed by atoms with Crippen LogP contribution in [0, 0.1) is 0 Å². The highest BCUT2D eigenvalue weighted by molar-refractivity contribution is 5.74. The smallest absolute Gasteiger partial charge is 0.496 e. The van der Waals surface area contributed by atoms with E-state index < -0.39 is 18.1 Å². The topological polar surface area (TPSA) is 44.8 Å². The van der Waals surface area contributed by atoms with Crippen LogP contribution in [-0.2, 0) is 16.0 Å². The maximum Gasteiger partial charge on any atom is 0.573 e. The standard InChI is InChI=1S/C11H11F3O4/c1-16-8-4-3-5-9(18-11(12,13)14)7(8)6-10(15)17-2/h3-5H,6H2,1-2H3. The van der Waals surface area contributed by atoms with Crippen LogP contribution in [0.4, 0.5) is 13.2 Å². The highest BCUT2D eigenvalue weighted by Gasteiger charge is 2.33. The largest absolute Gasteiger partial charge is 0.573 e. The number of rotatable bonds is 4. The van der Waals surface area contributed by atoms with Crippen molar-refractivity contribution in [2.75, 3.05) is 14.2 Å². The fourth-order valence-electron chi connectivity index (χ4n) is 1.35. The lowest BCUT2D eigenvalue weighted by molar-refractivity contribution is -0.275. The maximum absolute atomic E-state index is 12.2. The van der Waals surface area contributed by atoms with Crippen LogP contribution in [0.15, 0.2) is 18.2 Å². The molecule has 0 aliphatic carbocycles. The summed E-state index contributed by atoms with van der Waals surface area (Å²) in [5.41, 5.74) is -0.0100. The Labute approximate surface area is 101 Å². The van der Waals surface area contributed by atoms with Crippen LogP contribution in [0.5, 0.6) is 11.5 Å². The molecule has 18 heavy (non-hydrogen) atoms. The van der Waals surface area contributed by atoms with Gasteiger partial charge in [-0.15, -0.1) is 13.2 Å². The number of carbonyl (C=O) groups excluding carboxylic acids is 1. The Balaban J connectivity index is 3.12. The molecule has 0 heterocycles. The first kappa shape index (κ1) is 14.1. The fraction of sp³-hybridized carbons (Fsp3) is 0.364. The molecule has 4 nitrogen and oxygen atoms in total. The Morgan fingerprint density at radius 3 is 2.33 bits per heavy atom. The molecule has 0 atom stereocenters. The second kappa shape index (κ2) is 5.61. The quantitative estimate of drug-likeness (QED) is 0.783. The van der Waals surface area contributed by atoms with E-state index >= 15 is 0 Å². The van der Waals surface area contributed by atoms with Gasteiger partial charge >= 0.3 is 12.3 Å². The summed E-state index contributed by atoms with van der Waals surface area (Å²) < 4.78 is 49.7. The number of carbonyl (C=O) groups is 1. The normalized spacial score (nSPS) is 10.9. The van der Waals surface area contributed by atoms with Gasteiger partial charge in [0.1, 0.15) is 11.5 Å². The maximum atomic E-state index is 12.2. The zero-order valence-electron chi connectivity index (χ0n) is 9.71. The van der Waals surface area contributed by atoms with Crippen molar-refractivity contribution in [2.24, 2.45) is 0 Å². The zero-order chi connectivity index (χ0) is 13.8. The van der Waals surface area contributed by atoms with E-state index in [4.69, 9.17) is 4.74 Å². The van der Waals surface area contributed by atoms with E-state index in [-0.39, 0.29) is 17.7 Å². The van der Waals surface area contributed by atoms with Gasteiger partial charge in [-0.3, -0.25) is 4.79 Å². The van der Waals surface area contributed by atoms with Crippen LogP contribution in [-0.4, -0.2) is 26.6 Å². The van der Waals surface area contributed by atoms with Gasteiger partial charge in [-0.1, -0.05) is 6.07 Å². The zero-order valence-corrected chi connectivity index (χ0v) is 9.71. The van der Waals surface area contributed by atoms with Gasteiger partial charge in [0.05, 0.1) is 20.6 Å². The number of alkyl halides is 3. The third-order valence-corrected chi connectivity index (χ3v) is 2.08.